The summed E-state index contributed by atoms with van der Waals surface area (Å²) in [5.74, 6) is -0.353. The van der Waals surface area contributed by atoms with E-state index in [2.05, 4.69) is 5.32 Å². The monoisotopic (exact) mass is 549 g/mol. The zero-order valence-electron chi connectivity index (χ0n) is 21.9. The fourth-order valence-corrected chi connectivity index (χ4v) is 5.56. The predicted octanol–water partition coefficient (Wildman–Crippen LogP) is 4.29. The van der Waals surface area contributed by atoms with Crippen molar-refractivity contribution in [1.82, 2.24) is 10.2 Å². The van der Waals surface area contributed by atoms with E-state index in [-0.39, 0.29) is 29.2 Å². The van der Waals surface area contributed by atoms with Gasteiger partial charge < -0.3 is 15.0 Å². The molecule has 3 rings (SSSR count). The van der Waals surface area contributed by atoms with E-state index >= 15 is 0 Å². The summed E-state index contributed by atoms with van der Waals surface area (Å²) >= 11 is 6.23. The van der Waals surface area contributed by atoms with Crippen LogP contribution in [-0.4, -0.2) is 57.1 Å². The van der Waals surface area contributed by atoms with Gasteiger partial charge in [0, 0.05) is 12.6 Å². The number of hydrogen-bond donors (Lipinski definition) is 1. The van der Waals surface area contributed by atoms with Crippen LogP contribution < -0.4 is 14.4 Å². The number of carbonyl (C=O) groups excluding carboxylic acids is 2. The minimum absolute atomic E-state index is 0.0917. The summed E-state index contributed by atoms with van der Waals surface area (Å²) < 4.78 is 31.6. The van der Waals surface area contributed by atoms with E-state index in [1.807, 2.05) is 31.2 Å². The van der Waals surface area contributed by atoms with E-state index in [1.165, 1.54) is 24.1 Å². The lowest BCUT2D eigenvalue weighted by Crippen LogP contribution is -2.52. The lowest BCUT2D eigenvalue weighted by Gasteiger charge is -2.33. The Hall–Kier alpha value is -2.78. The van der Waals surface area contributed by atoms with E-state index in [0.717, 1.165) is 53.8 Å². The van der Waals surface area contributed by atoms with Gasteiger partial charge in [0.15, 0.2) is 0 Å². The molecule has 0 bridgehead atoms. The van der Waals surface area contributed by atoms with Gasteiger partial charge in [-0.1, -0.05) is 60.7 Å². The van der Waals surface area contributed by atoms with Crippen molar-refractivity contribution in [2.24, 2.45) is 0 Å². The highest BCUT2D eigenvalue weighted by molar-refractivity contribution is 7.92. The second kappa shape index (κ2) is 12.6. The number of amides is 2. The third-order valence-corrected chi connectivity index (χ3v) is 8.13. The first-order valence-corrected chi connectivity index (χ1v) is 14.7. The molecule has 202 valence electrons. The average molecular weight is 550 g/mol. The van der Waals surface area contributed by atoms with E-state index in [0.29, 0.717) is 5.75 Å². The largest absolute Gasteiger partial charge is 0.495 e. The van der Waals surface area contributed by atoms with Crippen LogP contribution in [0, 0.1) is 6.92 Å². The average Bonchev–Trinajstić information content (AvgIpc) is 2.86. The van der Waals surface area contributed by atoms with Gasteiger partial charge in [0.2, 0.25) is 21.8 Å². The summed E-state index contributed by atoms with van der Waals surface area (Å²) in [5, 5.41) is 3.31. The molecule has 1 aliphatic carbocycles. The Morgan fingerprint density at radius 3 is 2.32 bits per heavy atom. The summed E-state index contributed by atoms with van der Waals surface area (Å²) in [7, 11) is -2.38. The van der Waals surface area contributed by atoms with E-state index < -0.39 is 28.5 Å². The quantitative estimate of drug-likeness (QED) is 0.477. The zero-order chi connectivity index (χ0) is 27.2. The first kappa shape index (κ1) is 28.8. The number of hydrogen-bond acceptors (Lipinski definition) is 5. The Morgan fingerprint density at radius 1 is 1.11 bits per heavy atom. The van der Waals surface area contributed by atoms with Crippen molar-refractivity contribution in [2.45, 2.75) is 64.6 Å². The minimum Gasteiger partial charge on any atom is -0.495 e. The molecule has 2 aromatic carbocycles. The molecule has 0 spiro atoms. The first-order valence-electron chi connectivity index (χ1n) is 12.5. The van der Waals surface area contributed by atoms with E-state index in [4.69, 9.17) is 16.3 Å². The Morgan fingerprint density at radius 2 is 1.76 bits per heavy atom. The Labute approximate surface area is 225 Å². The maximum absolute atomic E-state index is 13.7. The van der Waals surface area contributed by atoms with Crippen molar-refractivity contribution in [3.8, 4) is 5.75 Å². The van der Waals surface area contributed by atoms with Gasteiger partial charge in [0.1, 0.15) is 18.3 Å². The highest BCUT2D eigenvalue weighted by atomic mass is 35.5. The summed E-state index contributed by atoms with van der Waals surface area (Å²) in [6.07, 6.45) is 6.17. The number of nitrogens with zero attached hydrogens (tertiary/aromatic N) is 2. The fourth-order valence-electron chi connectivity index (χ4n) is 4.47. The third kappa shape index (κ3) is 7.85. The van der Waals surface area contributed by atoms with Crippen LogP contribution in [0.2, 0.25) is 5.02 Å². The lowest BCUT2D eigenvalue weighted by atomic mass is 9.95. The number of anilines is 1. The molecular weight excluding hydrogens is 514 g/mol. The molecule has 0 aliphatic heterocycles. The second-order valence-electron chi connectivity index (χ2n) is 9.62. The van der Waals surface area contributed by atoms with Crippen LogP contribution in [0.15, 0.2) is 42.5 Å². The van der Waals surface area contributed by atoms with Gasteiger partial charge in [-0.3, -0.25) is 13.9 Å². The maximum Gasteiger partial charge on any atom is 0.244 e. The summed E-state index contributed by atoms with van der Waals surface area (Å²) in [5.41, 5.74) is 2.15. The van der Waals surface area contributed by atoms with E-state index in [1.54, 1.807) is 13.0 Å². The summed E-state index contributed by atoms with van der Waals surface area (Å²) in [4.78, 5) is 28.3. The number of nitrogens with one attached hydrogen (secondary N) is 1. The molecule has 0 heterocycles. The second-order valence-corrected chi connectivity index (χ2v) is 11.9. The predicted molar refractivity (Wildman–Crippen MR) is 146 cm³/mol. The van der Waals surface area contributed by atoms with Crippen LogP contribution in [0.3, 0.4) is 0 Å². The van der Waals surface area contributed by atoms with Crippen LogP contribution in [0.25, 0.3) is 0 Å². The van der Waals surface area contributed by atoms with Gasteiger partial charge in [-0.2, -0.15) is 0 Å². The Bertz CT molecular complexity index is 1200. The number of carbonyl (C=O) groups is 2. The number of ether oxygens (including phenoxy) is 1. The number of rotatable bonds is 10. The molecule has 2 amide bonds. The Balaban J connectivity index is 1.88. The van der Waals surface area contributed by atoms with Crippen molar-refractivity contribution < 1.29 is 22.7 Å². The molecule has 1 atom stereocenters. The molecule has 1 fully saturated rings. The number of halogens is 1. The van der Waals surface area contributed by atoms with Crippen molar-refractivity contribution >= 4 is 39.1 Å². The van der Waals surface area contributed by atoms with Gasteiger partial charge in [-0.05, 0) is 50.5 Å². The normalized spacial score (nSPS) is 15.1. The van der Waals surface area contributed by atoms with Gasteiger partial charge >= 0.3 is 0 Å². The van der Waals surface area contributed by atoms with Crippen LogP contribution in [0.4, 0.5) is 5.69 Å². The van der Waals surface area contributed by atoms with Gasteiger partial charge in [-0.25, -0.2) is 8.42 Å². The molecule has 0 aromatic heterocycles. The summed E-state index contributed by atoms with van der Waals surface area (Å²) in [6.45, 7) is 3.34. The topological polar surface area (TPSA) is 96.0 Å². The van der Waals surface area contributed by atoms with Crippen LogP contribution in [-0.2, 0) is 26.2 Å². The lowest BCUT2D eigenvalue weighted by molar-refractivity contribution is -0.139. The first-order chi connectivity index (χ1) is 17.5. The molecule has 1 saturated carbocycles. The SMILES string of the molecule is COc1ccc(N(CC(=O)N(Cc2ccc(C)cc2)C(C)C(=O)NC2CCCCC2)S(C)(=O)=O)cc1Cl. The standard InChI is InChI=1S/C27H36ClN3O5S/c1-19-10-12-21(13-11-19)17-30(20(2)27(33)29-22-8-6-5-7-9-22)26(32)18-31(37(4,34)35)23-14-15-25(36-3)24(28)16-23/h10-16,20,22H,5-9,17-18H2,1-4H3,(H,29,33). The maximum atomic E-state index is 13.7. The van der Waals surface area contributed by atoms with Crippen LogP contribution >= 0.6 is 11.6 Å². The van der Waals surface area contributed by atoms with Crippen molar-refractivity contribution in [2.75, 3.05) is 24.2 Å². The van der Waals surface area contributed by atoms with Crippen LogP contribution in [0.1, 0.15) is 50.2 Å². The zero-order valence-corrected chi connectivity index (χ0v) is 23.4. The smallest absolute Gasteiger partial charge is 0.244 e. The van der Waals surface area contributed by atoms with Crippen LogP contribution in [0.5, 0.6) is 5.75 Å². The van der Waals surface area contributed by atoms with Crippen molar-refractivity contribution in [3.05, 3.63) is 58.6 Å². The number of methoxy groups -OCH3 is 1. The van der Waals surface area contributed by atoms with Gasteiger partial charge in [0.05, 0.1) is 24.1 Å². The van der Waals surface area contributed by atoms with Gasteiger partial charge in [0.25, 0.3) is 0 Å². The molecule has 0 radical (unpaired) electrons. The van der Waals surface area contributed by atoms with Crippen molar-refractivity contribution in [3.63, 3.8) is 0 Å². The number of sulfonamides is 1. The number of aryl methyl sites for hydroxylation is 1. The fraction of sp³-hybridized carbons (Fsp3) is 0.481. The molecule has 1 N–H and O–H groups in total. The summed E-state index contributed by atoms with van der Waals surface area (Å²) in [6, 6.07) is 11.5. The molecule has 8 nitrogen and oxygen atoms in total. The Kier molecular flexibility index (Phi) is 9.84. The molecule has 1 unspecified atom stereocenters. The molecule has 37 heavy (non-hydrogen) atoms. The minimum atomic E-state index is -3.84. The molecule has 10 heteroatoms. The third-order valence-electron chi connectivity index (χ3n) is 6.69. The highest BCUT2D eigenvalue weighted by Gasteiger charge is 2.31. The molecule has 2 aromatic rings. The molecular formula is C27H36ClN3O5S. The highest BCUT2D eigenvalue weighted by Crippen LogP contribution is 2.30. The molecule has 1 aliphatic rings. The molecule has 0 saturated heterocycles. The number of benzene rings is 2. The van der Waals surface area contributed by atoms with E-state index in [9.17, 15) is 18.0 Å². The van der Waals surface area contributed by atoms with Crippen molar-refractivity contribution in [1.29, 1.82) is 0 Å². The van der Waals surface area contributed by atoms with Gasteiger partial charge in [-0.15, -0.1) is 0 Å².